The van der Waals surface area contributed by atoms with Crippen molar-refractivity contribution in [2.24, 2.45) is 0 Å². The number of rotatable bonds is 1. The minimum atomic E-state index is 0.782. The first-order chi connectivity index (χ1) is 4.79. The first-order valence-corrected chi connectivity index (χ1v) is 5.29. The number of thioether (sulfide) groups is 1. The monoisotopic (exact) mass is 157 g/mol. The standard InChI is InChI=1S/C8H15NS/c1-6(2)9-7-3-8(9)5-10-4-7/h6-8H,3-5H2,1-2H3. The number of hydrogen-bond acceptors (Lipinski definition) is 2. The van der Waals surface area contributed by atoms with Gasteiger partial charge in [0.2, 0.25) is 0 Å². The van der Waals surface area contributed by atoms with Gasteiger partial charge in [0.15, 0.2) is 0 Å². The average Bonchev–Trinajstić information content (AvgIpc) is 1.87. The Bertz CT molecular complexity index is 121. The van der Waals surface area contributed by atoms with Crippen LogP contribution in [0.25, 0.3) is 0 Å². The van der Waals surface area contributed by atoms with Crippen molar-refractivity contribution in [2.75, 3.05) is 11.5 Å². The second-order valence-electron chi connectivity index (χ2n) is 3.62. The van der Waals surface area contributed by atoms with E-state index in [-0.39, 0.29) is 0 Å². The Kier molecular flexibility index (Phi) is 1.69. The Morgan fingerprint density at radius 2 is 1.90 bits per heavy atom. The Hall–Kier alpha value is 0.310. The second kappa shape index (κ2) is 2.42. The molecule has 3 fully saturated rings. The predicted molar refractivity (Wildman–Crippen MR) is 46.5 cm³/mol. The molecule has 0 aromatic carbocycles. The molecule has 2 unspecified atom stereocenters. The van der Waals surface area contributed by atoms with Crippen LogP contribution >= 0.6 is 11.8 Å². The quantitative estimate of drug-likeness (QED) is 0.568. The highest BCUT2D eigenvalue weighted by Gasteiger charge is 2.42. The molecular formula is C8H15NS. The largest absolute Gasteiger partial charge is 0.293 e. The van der Waals surface area contributed by atoms with E-state index in [9.17, 15) is 0 Å². The zero-order valence-corrected chi connectivity index (χ0v) is 7.53. The predicted octanol–water partition coefficient (Wildman–Crippen LogP) is 1.58. The van der Waals surface area contributed by atoms with Gasteiger partial charge in [-0.15, -0.1) is 0 Å². The van der Waals surface area contributed by atoms with E-state index in [1.165, 1.54) is 17.9 Å². The molecule has 0 saturated carbocycles. The van der Waals surface area contributed by atoms with E-state index < -0.39 is 0 Å². The zero-order chi connectivity index (χ0) is 7.14. The van der Waals surface area contributed by atoms with Gasteiger partial charge in [-0.2, -0.15) is 11.8 Å². The molecule has 0 spiro atoms. The fourth-order valence-corrected chi connectivity index (χ4v) is 3.51. The molecule has 2 heteroatoms. The van der Waals surface area contributed by atoms with Crippen molar-refractivity contribution < 1.29 is 0 Å². The van der Waals surface area contributed by atoms with Gasteiger partial charge in [-0.05, 0) is 20.3 Å². The molecule has 0 aliphatic carbocycles. The van der Waals surface area contributed by atoms with Crippen molar-refractivity contribution in [1.29, 1.82) is 0 Å². The van der Waals surface area contributed by atoms with Gasteiger partial charge >= 0.3 is 0 Å². The third-order valence-corrected chi connectivity index (χ3v) is 3.85. The van der Waals surface area contributed by atoms with Crippen LogP contribution < -0.4 is 0 Å². The summed E-state index contributed by atoms with van der Waals surface area (Å²) in [6, 6.07) is 2.65. The summed E-state index contributed by atoms with van der Waals surface area (Å²) in [6.45, 7) is 4.63. The molecule has 0 aromatic rings. The highest BCUT2D eigenvalue weighted by Crippen LogP contribution is 2.37. The summed E-state index contributed by atoms with van der Waals surface area (Å²) in [7, 11) is 0. The van der Waals surface area contributed by atoms with Crippen LogP contribution in [0.15, 0.2) is 0 Å². The lowest BCUT2D eigenvalue weighted by Crippen LogP contribution is -2.63. The van der Waals surface area contributed by atoms with E-state index in [4.69, 9.17) is 0 Å². The maximum Gasteiger partial charge on any atom is 0.0207 e. The molecule has 10 heavy (non-hydrogen) atoms. The number of hydrogen-bond donors (Lipinski definition) is 0. The van der Waals surface area contributed by atoms with Crippen molar-refractivity contribution >= 4 is 11.8 Å². The Balaban J connectivity index is 1.99. The molecule has 3 rings (SSSR count). The van der Waals surface area contributed by atoms with E-state index >= 15 is 0 Å². The molecule has 0 N–H and O–H groups in total. The van der Waals surface area contributed by atoms with Crippen molar-refractivity contribution in [3.05, 3.63) is 0 Å². The molecule has 0 amide bonds. The van der Waals surface area contributed by atoms with Gasteiger partial charge < -0.3 is 0 Å². The molecule has 0 radical (unpaired) electrons. The minimum absolute atomic E-state index is 0.782. The first-order valence-electron chi connectivity index (χ1n) is 4.14. The molecule has 3 aliphatic heterocycles. The Morgan fingerprint density at radius 3 is 2.20 bits per heavy atom. The maximum absolute atomic E-state index is 2.68. The van der Waals surface area contributed by atoms with Crippen LogP contribution in [0.5, 0.6) is 0 Å². The molecule has 1 nitrogen and oxygen atoms in total. The van der Waals surface area contributed by atoms with E-state index in [1.807, 2.05) is 0 Å². The van der Waals surface area contributed by atoms with Gasteiger partial charge in [0.05, 0.1) is 0 Å². The van der Waals surface area contributed by atoms with Gasteiger partial charge in [-0.25, -0.2) is 0 Å². The molecule has 0 aromatic heterocycles. The fourth-order valence-electron chi connectivity index (χ4n) is 2.21. The van der Waals surface area contributed by atoms with Gasteiger partial charge in [-0.1, -0.05) is 0 Å². The van der Waals surface area contributed by atoms with Crippen LogP contribution in [0.1, 0.15) is 20.3 Å². The second-order valence-corrected chi connectivity index (χ2v) is 4.70. The molecule has 58 valence electrons. The lowest BCUT2D eigenvalue weighted by molar-refractivity contribution is 0.00697. The lowest BCUT2D eigenvalue weighted by Gasteiger charge is -2.54. The third-order valence-electron chi connectivity index (χ3n) is 2.60. The summed E-state index contributed by atoms with van der Waals surface area (Å²) < 4.78 is 0. The summed E-state index contributed by atoms with van der Waals surface area (Å²) in [4.78, 5) is 2.68. The average molecular weight is 157 g/mol. The van der Waals surface area contributed by atoms with Crippen molar-refractivity contribution in [3.8, 4) is 0 Å². The molecule has 3 aliphatic rings. The van der Waals surface area contributed by atoms with E-state index in [1.54, 1.807) is 0 Å². The smallest absolute Gasteiger partial charge is 0.0207 e. The highest BCUT2D eigenvalue weighted by molar-refractivity contribution is 7.99. The molecule has 3 heterocycles. The summed E-state index contributed by atoms with van der Waals surface area (Å²) in [5, 5.41) is 0. The Labute approximate surface area is 67.2 Å². The number of fused-ring (bicyclic) bond motifs is 2. The summed E-state index contributed by atoms with van der Waals surface area (Å²) in [5.41, 5.74) is 0. The normalized spacial score (nSPS) is 39.9. The third kappa shape index (κ3) is 0.892. The fraction of sp³-hybridized carbons (Fsp3) is 1.00. The van der Waals surface area contributed by atoms with Crippen LogP contribution in [0.3, 0.4) is 0 Å². The van der Waals surface area contributed by atoms with Crippen molar-refractivity contribution in [2.45, 2.75) is 38.4 Å². The van der Waals surface area contributed by atoms with Crippen LogP contribution in [0, 0.1) is 0 Å². The maximum atomic E-state index is 2.68. The molecule has 2 bridgehead atoms. The van der Waals surface area contributed by atoms with E-state index in [2.05, 4.69) is 30.5 Å². The van der Waals surface area contributed by atoms with Gasteiger partial charge in [0.1, 0.15) is 0 Å². The summed E-state index contributed by atoms with van der Waals surface area (Å²) in [5.74, 6) is 2.77. The number of nitrogens with zero attached hydrogens (tertiary/aromatic N) is 1. The van der Waals surface area contributed by atoms with Gasteiger partial charge in [0, 0.05) is 29.6 Å². The highest BCUT2D eigenvalue weighted by atomic mass is 32.2. The minimum Gasteiger partial charge on any atom is -0.293 e. The van der Waals surface area contributed by atoms with Crippen molar-refractivity contribution in [3.63, 3.8) is 0 Å². The first kappa shape index (κ1) is 6.99. The summed E-state index contributed by atoms with van der Waals surface area (Å²) in [6.07, 6.45) is 1.48. The zero-order valence-electron chi connectivity index (χ0n) is 6.71. The van der Waals surface area contributed by atoms with Gasteiger partial charge in [0.25, 0.3) is 0 Å². The van der Waals surface area contributed by atoms with Gasteiger partial charge in [-0.3, -0.25) is 4.90 Å². The van der Waals surface area contributed by atoms with E-state index in [0.29, 0.717) is 0 Å². The molecule has 2 atom stereocenters. The van der Waals surface area contributed by atoms with Crippen LogP contribution in [0.4, 0.5) is 0 Å². The molecule has 3 saturated heterocycles. The van der Waals surface area contributed by atoms with Crippen LogP contribution in [-0.4, -0.2) is 34.5 Å². The molecular weight excluding hydrogens is 142 g/mol. The topological polar surface area (TPSA) is 3.24 Å². The van der Waals surface area contributed by atoms with Crippen LogP contribution in [0.2, 0.25) is 0 Å². The summed E-state index contributed by atoms with van der Waals surface area (Å²) >= 11 is 2.13. The SMILES string of the molecule is CC(C)N1C2CSCC1C2. The Morgan fingerprint density at radius 1 is 1.30 bits per heavy atom. The lowest BCUT2D eigenvalue weighted by atomic mass is 9.93. The van der Waals surface area contributed by atoms with E-state index in [0.717, 1.165) is 18.1 Å². The van der Waals surface area contributed by atoms with Crippen molar-refractivity contribution in [1.82, 2.24) is 4.90 Å². The van der Waals surface area contributed by atoms with Crippen LogP contribution in [-0.2, 0) is 0 Å².